The molecule has 1 aromatic carbocycles. The summed E-state index contributed by atoms with van der Waals surface area (Å²) in [6, 6.07) is 7.51. The Morgan fingerprint density at radius 1 is 1.33 bits per heavy atom. The highest BCUT2D eigenvalue weighted by atomic mass is 16.6. The van der Waals surface area contributed by atoms with Gasteiger partial charge in [0.05, 0.1) is 26.2 Å². The maximum atomic E-state index is 12.1. The number of hydroxylamine groups is 1. The number of carbonyl (C=O) groups is 2. The van der Waals surface area contributed by atoms with Gasteiger partial charge in [0, 0.05) is 13.0 Å². The molecule has 0 bridgehead atoms. The van der Waals surface area contributed by atoms with Crippen molar-refractivity contribution in [2.75, 3.05) is 20.8 Å². The number of nitrogens with zero attached hydrogens (tertiary/aromatic N) is 1. The van der Waals surface area contributed by atoms with Crippen LogP contribution in [0.15, 0.2) is 24.3 Å². The minimum atomic E-state index is -0.363. The second-order valence-electron chi connectivity index (χ2n) is 5.07. The molecule has 2 atom stereocenters. The largest absolute Gasteiger partial charge is 0.497 e. The van der Waals surface area contributed by atoms with E-state index in [0.29, 0.717) is 6.54 Å². The van der Waals surface area contributed by atoms with Crippen molar-refractivity contribution >= 4 is 11.8 Å². The predicted octanol–water partition coefficient (Wildman–Crippen LogP) is 1.28. The maximum absolute atomic E-state index is 12.1. The van der Waals surface area contributed by atoms with Crippen molar-refractivity contribution < 1.29 is 19.2 Å². The third-order valence-corrected chi connectivity index (χ3v) is 3.80. The molecule has 6 heteroatoms. The molecule has 1 N–H and O–H groups in total. The molecule has 1 aliphatic rings. The lowest BCUT2D eigenvalue weighted by Gasteiger charge is -2.25. The van der Waals surface area contributed by atoms with E-state index in [4.69, 9.17) is 4.74 Å². The van der Waals surface area contributed by atoms with E-state index in [1.54, 1.807) is 12.0 Å². The number of hydrogen-bond donors (Lipinski definition) is 1. The van der Waals surface area contributed by atoms with E-state index in [9.17, 15) is 9.59 Å². The zero-order valence-electron chi connectivity index (χ0n) is 12.5. The van der Waals surface area contributed by atoms with Gasteiger partial charge >= 0.3 is 0 Å². The summed E-state index contributed by atoms with van der Waals surface area (Å²) in [5, 5.41) is 0. The molecule has 1 fully saturated rings. The van der Waals surface area contributed by atoms with E-state index in [-0.39, 0.29) is 30.2 Å². The predicted molar refractivity (Wildman–Crippen MR) is 76.4 cm³/mol. The van der Waals surface area contributed by atoms with Gasteiger partial charge in [0.25, 0.3) is 0 Å². The number of ether oxygens (including phenoxy) is 1. The second-order valence-corrected chi connectivity index (χ2v) is 5.07. The monoisotopic (exact) mass is 292 g/mol. The highest BCUT2D eigenvalue weighted by Crippen LogP contribution is 2.29. The topological polar surface area (TPSA) is 67.9 Å². The average Bonchev–Trinajstić information content (AvgIpc) is 2.89. The van der Waals surface area contributed by atoms with Crippen LogP contribution in [0.3, 0.4) is 0 Å². The van der Waals surface area contributed by atoms with E-state index in [0.717, 1.165) is 11.3 Å². The van der Waals surface area contributed by atoms with Crippen molar-refractivity contribution in [3.8, 4) is 5.75 Å². The van der Waals surface area contributed by atoms with Gasteiger partial charge in [-0.25, -0.2) is 5.48 Å². The molecule has 6 nitrogen and oxygen atoms in total. The SMILES string of the molecule is CONC(=O)[C@H]1CC(=O)N([C@@H](C)c2ccc(OC)cc2)C1. The Morgan fingerprint density at radius 2 is 2.00 bits per heavy atom. The maximum Gasteiger partial charge on any atom is 0.248 e. The van der Waals surface area contributed by atoms with E-state index in [1.165, 1.54) is 7.11 Å². The molecular formula is C15H20N2O4. The fraction of sp³-hybridized carbons (Fsp3) is 0.467. The first kappa shape index (κ1) is 15.3. The van der Waals surface area contributed by atoms with Crippen molar-refractivity contribution in [3.63, 3.8) is 0 Å². The number of rotatable bonds is 5. The Balaban J connectivity index is 2.06. The van der Waals surface area contributed by atoms with Crippen molar-refractivity contribution in [1.29, 1.82) is 0 Å². The van der Waals surface area contributed by atoms with Crippen LogP contribution in [0.2, 0.25) is 0 Å². The van der Waals surface area contributed by atoms with Crippen LogP contribution in [0.1, 0.15) is 24.9 Å². The first-order chi connectivity index (χ1) is 10.1. The molecule has 1 heterocycles. The average molecular weight is 292 g/mol. The molecule has 0 spiro atoms. The van der Waals surface area contributed by atoms with E-state index in [1.807, 2.05) is 31.2 Å². The molecule has 1 saturated heterocycles. The third-order valence-electron chi connectivity index (χ3n) is 3.80. The Bertz CT molecular complexity index is 515. The third kappa shape index (κ3) is 3.33. The molecule has 0 saturated carbocycles. The fourth-order valence-electron chi connectivity index (χ4n) is 2.53. The van der Waals surface area contributed by atoms with Crippen LogP contribution >= 0.6 is 0 Å². The summed E-state index contributed by atoms with van der Waals surface area (Å²) in [6.07, 6.45) is 0.218. The number of amides is 2. The molecular weight excluding hydrogens is 272 g/mol. The van der Waals surface area contributed by atoms with Gasteiger partial charge in [-0.3, -0.25) is 14.4 Å². The first-order valence-electron chi connectivity index (χ1n) is 6.83. The fourth-order valence-corrected chi connectivity index (χ4v) is 2.53. The first-order valence-corrected chi connectivity index (χ1v) is 6.83. The van der Waals surface area contributed by atoms with Gasteiger partial charge in [-0.15, -0.1) is 0 Å². The summed E-state index contributed by atoms with van der Waals surface area (Å²) in [6.45, 7) is 2.36. The van der Waals surface area contributed by atoms with E-state index < -0.39 is 0 Å². The standard InChI is InChI=1S/C15H20N2O4/c1-10(11-4-6-13(20-2)7-5-11)17-9-12(8-14(17)18)15(19)16-21-3/h4-7,10,12H,8-9H2,1-3H3,(H,16,19)/t10-,12-/m0/s1. The molecule has 21 heavy (non-hydrogen) atoms. The van der Waals surface area contributed by atoms with Gasteiger partial charge < -0.3 is 9.64 Å². The van der Waals surface area contributed by atoms with Gasteiger partial charge in [0.2, 0.25) is 11.8 Å². The zero-order valence-corrected chi connectivity index (χ0v) is 12.5. The van der Waals surface area contributed by atoms with Crippen molar-refractivity contribution in [1.82, 2.24) is 10.4 Å². The Morgan fingerprint density at radius 3 is 2.57 bits per heavy atom. The number of methoxy groups -OCH3 is 1. The summed E-state index contributed by atoms with van der Waals surface area (Å²) in [5.74, 6) is 0.138. The normalized spacial score (nSPS) is 19.5. The Hall–Kier alpha value is -2.08. The smallest absolute Gasteiger partial charge is 0.248 e. The molecule has 0 unspecified atom stereocenters. The molecule has 1 aromatic rings. The van der Waals surface area contributed by atoms with Crippen LogP contribution in [0.4, 0.5) is 0 Å². The molecule has 2 amide bonds. The van der Waals surface area contributed by atoms with E-state index in [2.05, 4.69) is 10.3 Å². The minimum Gasteiger partial charge on any atom is -0.497 e. The zero-order chi connectivity index (χ0) is 15.4. The number of benzene rings is 1. The number of hydrogen-bond acceptors (Lipinski definition) is 4. The number of nitrogens with one attached hydrogen (secondary N) is 1. The summed E-state index contributed by atoms with van der Waals surface area (Å²) in [7, 11) is 2.99. The number of carbonyl (C=O) groups excluding carboxylic acids is 2. The molecule has 0 aromatic heterocycles. The van der Waals surface area contributed by atoms with E-state index >= 15 is 0 Å². The molecule has 0 aliphatic carbocycles. The van der Waals surface area contributed by atoms with Gasteiger partial charge in [-0.2, -0.15) is 0 Å². The number of likely N-dealkylation sites (tertiary alicyclic amines) is 1. The van der Waals surface area contributed by atoms with Gasteiger partial charge in [-0.05, 0) is 24.6 Å². The highest BCUT2D eigenvalue weighted by molar-refractivity contribution is 5.89. The van der Waals surface area contributed by atoms with Gasteiger partial charge in [0.1, 0.15) is 5.75 Å². The molecule has 1 aliphatic heterocycles. The molecule has 0 radical (unpaired) electrons. The lowest BCUT2D eigenvalue weighted by Crippen LogP contribution is -2.33. The second kappa shape index (κ2) is 6.58. The summed E-state index contributed by atoms with van der Waals surface area (Å²) in [4.78, 5) is 30.2. The lowest BCUT2D eigenvalue weighted by atomic mass is 10.1. The summed E-state index contributed by atoms with van der Waals surface area (Å²) in [5.41, 5.74) is 3.30. The van der Waals surface area contributed by atoms with Crippen LogP contribution in [-0.4, -0.2) is 37.5 Å². The Labute approximate surface area is 124 Å². The lowest BCUT2D eigenvalue weighted by molar-refractivity contribution is -0.135. The Kier molecular flexibility index (Phi) is 4.80. The van der Waals surface area contributed by atoms with Crippen LogP contribution in [0.5, 0.6) is 5.75 Å². The molecule has 2 rings (SSSR count). The van der Waals surface area contributed by atoms with Crippen LogP contribution < -0.4 is 10.2 Å². The van der Waals surface area contributed by atoms with Gasteiger partial charge in [-0.1, -0.05) is 12.1 Å². The summed E-state index contributed by atoms with van der Waals surface area (Å²) >= 11 is 0. The van der Waals surface area contributed by atoms with Crippen molar-refractivity contribution in [3.05, 3.63) is 29.8 Å². The van der Waals surface area contributed by atoms with Crippen molar-refractivity contribution in [2.24, 2.45) is 5.92 Å². The van der Waals surface area contributed by atoms with Crippen LogP contribution in [-0.2, 0) is 14.4 Å². The highest BCUT2D eigenvalue weighted by Gasteiger charge is 2.37. The quantitative estimate of drug-likeness (QED) is 0.830. The molecule has 114 valence electrons. The van der Waals surface area contributed by atoms with Crippen LogP contribution in [0, 0.1) is 5.92 Å². The van der Waals surface area contributed by atoms with Crippen LogP contribution in [0.25, 0.3) is 0 Å². The summed E-state index contributed by atoms with van der Waals surface area (Å²) < 4.78 is 5.12. The van der Waals surface area contributed by atoms with Crippen molar-refractivity contribution in [2.45, 2.75) is 19.4 Å². The minimum absolute atomic E-state index is 0.0189. The van der Waals surface area contributed by atoms with Gasteiger partial charge in [0.15, 0.2) is 0 Å².